The molecule has 0 saturated carbocycles. The number of benzene rings is 2. The number of nitrogens with zero attached hydrogens (tertiary/aromatic N) is 2. The molecular weight excluding hydrogens is 459 g/mol. The molecule has 0 atom stereocenters. The Labute approximate surface area is 203 Å². The van der Waals surface area contributed by atoms with Crippen molar-refractivity contribution in [1.29, 1.82) is 0 Å². The molecule has 2 aromatic carbocycles. The third kappa shape index (κ3) is 7.26. The van der Waals surface area contributed by atoms with Crippen molar-refractivity contribution in [2.45, 2.75) is 13.3 Å². The lowest BCUT2D eigenvalue weighted by Crippen LogP contribution is -2.09. The predicted molar refractivity (Wildman–Crippen MR) is 133 cm³/mol. The molecule has 34 heavy (non-hydrogen) atoms. The molecule has 0 amide bonds. The zero-order chi connectivity index (χ0) is 24.3. The number of rotatable bonds is 11. The number of anilines is 3. The van der Waals surface area contributed by atoms with Gasteiger partial charge < -0.3 is 20.1 Å². The van der Waals surface area contributed by atoms with Gasteiger partial charge >= 0.3 is 5.97 Å². The van der Waals surface area contributed by atoms with Gasteiger partial charge in [0.05, 0.1) is 11.6 Å². The quantitative estimate of drug-likeness (QED) is 0.205. The van der Waals surface area contributed by atoms with Crippen molar-refractivity contribution in [3.63, 3.8) is 0 Å². The molecule has 0 aliphatic carbocycles. The van der Waals surface area contributed by atoms with Gasteiger partial charge in [0.2, 0.25) is 5.95 Å². The second-order valence-corrected chi connectivity index (χ2v) is 7.60. The molecule has 3 aromatic rings. The van der Waals surface area contributed by atoms with Gasteiger partial charge in [-0.25, -0.2) is 14.2 Å². The van der Waals surface area contributed by atoms with E-state index in [1.807, 2.05) is 24.3 Å². The molecular formula is C25H26ClFN4O3. The molecule has 1 heterocycles. The van der Waals surface area contributed by atoms with Crippen molar-refractivity contribution >= 4 is 41.1 Å². The SMILES string of the molecule is CCOC(=O)/C=C/c1cccc(-c2cnc(Nc3ccc(F)c(Cl)c3)nc2NCCCOC)c1. The fourth-order valence-corrected chi connectivity index (χ4v) is 3.26. The van der Waals surface area contributed by atoms with Crippen molar-refractivity contribution < 1.29 is 18.7 Å². The molecule has 0 spiro atoms. The van der Waals surface area contributed by atoms with Crippen LogP contribution in [0.1, 0.15) is 18.9 Å². The van der Waals surface area contributed by atoms with E-state index in [0.717, 1.165) is 23.1 Å². The predicted octanol–water partition coefficient (Wildman–Crippen LogP) is 5.70. The monoisotopic (exact) mass is 484 g/mol. The van der Waals surface area contributed by atoms with Crippen LogP contribution in [0.25, 0.3) is 17.2 Å². The van der Waals surface area contributed by atoms with Crippen molar-refractivity contribution in [2.24, 2.45) is 0 Å². The number of hydrogen-bond acceptors (Lipinski definition) is 7. The summed E-state index contributed by atoms with van der Waals surface area (Å²) in [5.74, 6) is 0.0568. The Bertz CT molecular complexity index is 1160. The number of aromatic nitrogens is 2. The molecule has 7 nitrogen and oxygen atoms in total. The fourth-order valence-electron chi connectivity index (χ4n) is 3.08. The van der Waals surface area contributed by atoms with Gasteiger partial charge in [-0.1, -0.05) is 29.8 Å². The van der Waals surface area contributed by atoms with Gasteiger partial charge in [0.1, 0.15) is 11.6 Å². The summed E-state index contributed by atoms with van der Waals surface area (Å²) in [4.78, 5) is 20.7. The number of hydrogen-bond donors (Lipinski definition) is 2. The van der Waals surface area contributed by atoms with Crippen LogP contribution in [0.15, 0.2) is 54.7 Å². The van der Waals surface area contributed by atoms with E-state index in [1.165, 1.54) is 18.2 Å². The highest BCUT2D eigenvalue weighted by atomic mass is 35.5. The number of methoxy groups -OCH3 is 1. The van der Waals surface area contributed by atoms with Crippen LogP contribution in [0.4, 0.5) is 21.8 Å². The Morgan fingerprint density at radius 3 is 2.85 bits per heavy atom. The van der Waals surface area contributed by atoms with E-state index in [1.54, 1.807) is 32.4 Å². The molecule has 0 bridgehead atoms. The Hall–Kier alpha value is -3.49. The van der Waals surface area contributed by atoms with Crippen LogP contribution < -0.4 is 10.6 Å². The summed E-state index contributed by atoms with van der Waals surface area (Å²) in [6, 6.07) is 12.0. The summed E-state index contributed by atoms with van der Waals surface area (Å²) < 4.78 is 23.5. The van der Waals surface area contributed by atoms with E-state index in [0.29, 0.717) is 37.2 Å². The van der Waals surface area contributed by atoms with Gasteiger partial charge in [0.25, 0.3) is 0 Å². The Morgan fingerprint density at radius 2 is 2.09 bits per heavy atom. The molecule has 3 rings (SSSR count). The first-order chi connectivity index (χ1) is 16.5. The van der Waals surface area contributed by atoms with Crippen molar-refractivity contribution in [2.75, 3.05) is 37.5 Å². The van der Waals surface area contributed by atoms with E-state index in [4.69, 9.17) is 21.1 Å². The standard InChI is InChI=1S/C25H26ClFN4O3/c1-3-34-23(32)11-8-17-6-4-7-18(14-17)20-16-29-25(31-24(20)28-12-5-13-33-2)30-19-9-10-22(27)21(26)15-19/h4,6-11,14-16H,3,5,12-13H2,1-2H3,(H2,28,29,30,31)/b11-8+. The molecule has 0 aliphatic heterocycles. The summed E-state index contributed by atoms with van der Waals surface area (Å²) in [5, 5.41) is 6.39. The molecule has 9 heteroatoms. The van der Waals surface area contributed by atoms with Crippen molar-refractivity contribution in [3.8, 4) is 11.1 Å². The highest BCUT2D eigenvalue weighted by Gasteiger charge is 2.11. The number of carbonyl (C=O) groups is 1. The number of esters is 1. The average molecular weight is 485 g/mol. The molecule has 2 N–H and O–H groups in total. The van der Waals surface area contributed by atoms with Gasteiger partial charge in [0, 0.05) is 43.8 Å². The van der Waals surface area contributed by atoms with E-state index >= 15 is 0 Å². The van der Waals surface area contributed by atoms with Crippen LogP contribution in [-0.4, -0.2) is 42.8 Å². The molecule has 0 radical (unpaired) electrons. The molecule has 0 unspecified atom stereocenters. The van der Waals surface area contributed by atoms with E-state index in [-0.39, 0.29) is 5.02 Å². The maximum atomic E-state index is 13.5. The number of carbonyl (C=O) groups excluding carboxylic acids is 1. The van der Waals surface area contributed by atoms with Crippen LogP contribution in [0.2, 0.25) is 5.02 Å². The van der Waals surface area contributed by atoms with Crippen LogP contribution in [0, 0.1) is 5.82 Å². The highest BCUT2D eigenvalue weighted by molar-refractivity contribution is 6.31. The lowest BCUT2D eigenvalue weighted by Gasteiger charge is -2.14. The number of halogens is 2. The van der Waals surface area contributed by atoms with Crippen molar-refractivity contribution in [1.82, 2.24) is 9.97 Å². The lowest BCUT2D eigenvalue weighted by atomic mass is 10.0. The first-order valence-electron chi connectivity index (χ1n) is 10.8. The third-order valence-electron chi connectivity index (χ3n) is 4.68. The number of ether oxygens (including phenoxy) is 2. The van der Waals surface area contributed by atoms with Crippen LogP contribution >= 0.6 is 11.6 Å². The highest BCUT2D eigenvalue weighted by Crippen LogP contribution is 2.29. The van der Waals surface area contributed by atoms with Gasteiger partial charge in [-0.3, -0.25) is 0 Å². The molecule has 0 fully saturated rings. The topological polar surface area (TPSA) is 85.4 Å². The normalized spacial score (nSPS) is 10.9. The molecule has 178 valence electrons. The summed E-state index contributed by atoms with van der Waals surface area (Å²) in [6.45, 7) is 3.34. The summed E-state index contributed by atoms with van der Waals surface area (Å²) in [6.07, 6.45) is 5.58. The minimum Gasteiger partial charge on any atom is -0.463 e. The Morgan fingerprint density at radius 1 is 1.24 bits per heavy atom. The van der Waals surface area contributed by atoms with Gasteiger partial charge in [-0.15, -0.1) is 0 Å². The number of nitrogens with one attached hydrogen (secondary N) is 2. The zero-order valence-electron chi connectivity index (χ0n) is 19.0. The Balaban J connectivity index is 1.88. The smallest absolute Gasteiger partial charge is 0.330 e. The minimum absolute atomic E-state index is 0.00669. The fraction of sp³-hybridized carbons (Fsp3) is 0.240. The van der Waals surface area contributed by atoms with Gasteiger partial charge in [-0.05, 0) is 54.8 Å². The van der Waals surface area contributed by atoms with Gasteiger partial charge in [-0.2, -0.15) is 4.98 Å². The largest absolute Gasteiger partial charge is 0.463 e. The van der Waals surface area contributed by atoms with Gasteiger partial charge in [0.15, 0.2) is 0 Å². The first-order valence-corrected chi connectivity index (χ1v) is 11.1. The summed E-state index contributed by atoms with van der Waals surface area (Å²) in [5.41, 5.74) is 3.05. The maximum Gasteiger partial charge on any atom is 0.330 e. The molecule has 0 saturated heterocycles. The van der Waals surface area contributed by atoms with Crippen LogP contribution in [-0.2, 0) is 14.3 Å². The second kappa shape index (κ2) is 12.7. The van der Waals surface area contributed by atoms with E-state index in [9.17, 15) is 9.18 Å². The third-order valence-corrected chi connectivity index (χ3v) is 4.97. The minimum atomic E-state index is -0.499. The van der Waals surface area contributed by atoms with Crippen LogP contribution in [0.3, 0.4) is 0 Å². The zero-order valence-corrected chi connectivity index (χ0v) is 19.7. The summed E-state index contributed by atoms with van der Waals surface area (Å²) >= 11 is 5.88. The van der Waals surface area contributed by atoms with Crippen molar-refractivity contribution in [3.05, 3.63) is 71.1 Å². The average Bonchev–Trinajstić information content (AvgIpc) is 2.83. The lowest BCUT2D eigenvalue weighted by molar-refractivity contribution is -0.137. The van der Waals surface area contributed by atoms with E-state index < -0.39 is 11.8 Å². The second-order valence-electron chi connectivity index (χ2n) is 7.19. The first kappa shape index (κ1) is 25.1. The Kier molecular flexibility index (Phi) is 9.37. The maximum absolute atomic E-state index is 13.5. The van der Waals surface area contributed by atoms with E-state index in [2.05, 4.69) is 20.6 Å². The summed E-state index contributed by atoms with van der Waals surface area (Å²) in [7, 11) is 1.65. The molecule has 1 aromatic heterocycles. The van der Waals surface area contributed by atoms with Crippen LogP contribution in [0.5, 0.6) is 0 Å². The molecule has 0 aliphatic rings.